The molecule has 4 heterocycles. The number of hydrogen-bond donors (Lipinski definition) is 1. The van der Waals surface area contributed by atoms with E-state index in [1.54, 1.807) is 10.9 Å². The molecule has 1 N–H and O–H groups in total. The van der Waals surface area contributed by atoms with Crippen molar-refractivity contribution in [3.05, 3.63) is 36.9 Å². The highest BCUT2D eigenvalue weighted by Crippen LogP contribution is 2.23. The number of carbonyl (C=O) groups is 1. The van der Waals surface area contributed by atoms with Gasteiger partial charge in [0.1, 0.15) is 5.82 Å². The third-order valence-electron chi connectivity index (χ3n) is 4.69. The first-order valence-electron chi connectivity index (χ1n) is 8.94. The summed E-state index contributed by atoms with van der Waals surface area (Å²) in [4.78, 5) is 23.3. The molecule has 26 heavy (non-hydrogen) atoms. The van der Waals surface area contributed by atoms with E-state index in [0.29, 0.717) is 12.4 Å². The van der Waals surface area contributed by atoms with Gasteiger partial charge >= 0.3 is 0 Å². The molecule has 1 aliphatic rings. The van der Waals surface area contributed by atoms with E-state index >= 15 is 0 Å². The molecule has 134 valence electrons. The van der Waals surface area contributed by atoms with Crippen LogP contribution in [0.4, 0.5) is 5.82 Å². The lowest BCUT2D eigenvalue weighted by atomic mass is 10.1. The highest BCUT2D eigenvalue weighted by molar-refractivity contribution is 5.93. The van der Waals surface area contributed by atoms with E-state index in [4.69, 9.17) is 0 Å². The van der Waals surface area contributed by atoms with E-state index in [9.17, 15) is 4.79 Å². The third-order valence-corrected chi connectivity index (χ3v) is 4.69. The smallest absolute Gasteiger partial charge is 0.239 e. The number of likely N-dealkylation sites (tertiary alicyclic amines) is 1. The second kappa shape index (κ2) is 7.21. The average Bonchev–Trinajstić information content (AvgIpc) is 3.08. The van der Waals surface area contributed by atoms with E-state index < -0.39 is 0 Å². The molecule has 1 fully saturated rings. The van der Waals surface area contributed by atoms with Crippen LogP contribution in [0, 0.1) is 0 Å². The highest BCUT2D eigenvalue weighted by atomic mass is 16.2. The van der Waals surface area contributed by atoms with Gasteiger partial charge in [-0.2, -0.15) is 5.10 Å². The van der Waals surface area contributed by atoms with Gasteiger partial charge in [0.15, 0.2) is 0 Å². The molecule has 0 unspecified atom stereocenters. The number of anilines is 1. The van der Waals surface area contributed by atoms with Crippen LogP contribution in [0.25, 0.3) is 22.0 Å². The topological polar surface area (TPSA) is 75.9 Å². The number of amides is 1. The van der Waals surface area contributed by atoms with Crippen molar-refractivity contribution < 1.29 is 4.79 Å². The molecule has 1 amide bonds. The summed E-state index contributed by atoms with van der Waals surface area (Å²) in [7, 11) is 1.89. The average molecular weight is 350 g/mol. The van der Waals surface area contributed by atoms with Crippen LogP contribution in [0.1, 0.15) is 19.3 Å². The Morgan fingerprint density at radius 3 is 2.69 bits per heavy atom. The zero-order chi connectivity index (χ0) is 17.9. The largest absolute Gasteiger partial charge is 0.310 e. The van der Waals surface area contributed by atoms with Crippen LogP contribution in [-0.2, 0) is 11.8 Å². The zero-order valence-electron chi connectivity index (χ0n) is 14.9. The van der Waals surface area contributed by atoms with Gasteiger partial charge in [0.05, 0.1) is 24.5 Å². The third kappa shape index (κ3) is 3.72. The Bertz CT molecular complexity index is 929. The molecule has 0 bridgehead atoms. The molecule has 3 aromatic rings. The summed E-state index contributed by atoms with van der Waals surface area (Å²) in [6.07, 6.45) is 10.9. The number of rotatable bonds is 4. The molecule has 7 heteroatoms. The van der Waals surface area contributed by atoms with Crippen LogP contribution in [0.5, 0.6) is 0 Å². The van der Waals surface area contributed by atoms with Gasteiger partial charge in [0, 0.05) is 36.0 Å². The minimum absolute atomic E-state index is 0.0184. The van der Waals surface area contributed by atoms with Gasteiger partial charge in [-0.25, -0.2) is 4.98 Å². The van der Waals surface area contributed by atoms with Gasteiger partial charge in [0.2, 0.25) is 5.91 Å². The Balaban J connectivity index is 1.51. The van der Waals surface area contributed by atoms with Crippen molar-refractivity contribution in [1.29, 1.82) is 0 Å². The molecule has 1 aliphatic heterocycles. The van der Waals surface area contributed by atoms with Gasteiger partial charge in [-0.1, -0.05) is 6.42 Å². The maximum atomic E-state index is 12.3. The number of piperidine rings is 1. The Morgan fingerprint density at radius 1 is 1.08 bits per heavy atom. The van der Waals surface area contributed by atoms with Crippen molar-refractivity contribution in [2.24, 2.45) is 7.05 Å². The van der Waals surface area contributed by atoms with Crippen molar-refractivity contribution in [3.63, 3.8) is 0 Å². The molecule has 1 saturated heterocycles. The minimum atomic E-state index is -0.0184. The lowest BCUT2D eigenvalue weighted by Crippen LogP contribution is -2.36. The lowest BCUT2D eigenvalue weighted by molar-refractivity contribution is -0.117. The molecule has 3 aromatic heterocycles. The standard InChI is InChI=1S/C19H22N6O/c1-24-12-16(10-22-24)15-7-14-8-18(21-11-17(14)20-9-15)23-19(26)13-25-5-3-2-4-6-25/h7-12H,2-6,13H2,1H3,(H,21,23,26). The number of aromatic nitrogens is 4. The van der Waals surface area contributed by atoms with E-state index in [1.807, 2.05) is 37.8 Å². The first kappa shape index (κ1) is 16.7. The first-order valence-corrected chi connectivity index (χ1v) is 8.94. The molecule has 4 rings (SSSR count). The molecule has 0 radical (unpaired) electrons. The molecule has 0 atom stereocenters. The number of pyridine rings is 2. The number of fused-ring (bicyclic) bond motifs is 1. The number of aryl methyl sites for hydroxylation is 1. The molecule has 0 saturated carbocycles. The maximum absolute atomic E-state index is 12.3. The van der Waals surface area contributed by atoms with Gasteiger partial charge in [-0.3, -0.25) is 19.4 Å². The van der Waals surface area contributed by atoms with Crippen molar-refractivity contribution in [3.8, 4) is 11.1 Å². The quantitative estimate of drug-likeness (QED) is 0.782. The van der Waals surface area contributed by atoms with Crippen molar-refractivity contribution >= 4 is 22.6 Å². The monoisotopic (exact) mass is 350 g/mol. The van der Waals surface area contributed by atoms with Crippen LogP contribution in [0.3, 0.4) is 0 Å². The normalized spacial score (nSPS) is 15.3. The van der Waals surface area contributed by atoms with E-state index in [1.165, 1.54) is 19.3 Å². The number of hydrogen-bond acceptors (Lipinski definition) is 5. The fraction of sp³-hybridized carbons (Fsp3) is 0.368. The van der Waals surface area contributed by atoms with Crippen LogP contribution >= 0.6 is 0 Å². The number of nitrogens with zero attached hydrogens (tertiary/aromatic N) is 5. The summed E-state index contributed by atoms with van der Waals surface area (Å²) >= 11 is 0. The second-order valence-corrected chi connectivity index (χ2v) is 6.77. The summed E-state index contributed by atoms with van der Waals surface area (Å²) in [5, 5.41) is 8.05. The van der Waals surface area contributed by atoms with Crippen molar-refractivity contribution in [2.45, 2.75) is 19.3 Å². The highest BCUT2D eigenvalue weighted by Gasteiger charge is 2.14. The molecule has 7 nitrogen and oxygen atoms in total. The number of carbonyl (C=O) groups excluding carboxylic acids is 1. The zero-order valence-corrected chi connectivity index (χ0v) is 14.9. The summed E-state index contributed by atoms with van der Waals surface area (Å²) in [5.74, 6) is 0.541. The Hall–Kier alpha value is -2.80. The van der Waals surface area contributed by atoms with E-state index in [0.717, 1.165) is 35.1 Å². The minimum Gasteiger partial charge on any atom is -0.310 e. The maximum Gasteiger partial charge on any atom is 0.239 e. The molecular formula is C19H22N6O. The van der Waals surface area contributed by atoms with Gasteiger partial charge < -0.3 is 5.32 Å². The van der Waals surface area contributed by atoms with Crippen LogP contribution in [0.2, 0.25) is 0 Å². The molecule has 0 spiro atoms. The van der Waals surface area contributed by atoms with Crippen LogP contribution < -0.4 is 5.32 Å². The summed E-state index contributed by atoms with van der Waals surface area (Å²) in [6.45, 7) is 2.42. The fourth-order valence-corrected chi connectivity index (χ4v) is 3.33. The van der Waals surface area contributed by atoms with Crippen LogP contribution in [-0.4, -0.2) is 50.2 Å². The Morgan fingerprint density at radius 2 is 1.92 bits per heavy atom. The Kier molecular flexibility index (Phi) is 4.62. The van der Waals surface area contributed by atoms with E-state index in [-0.39, 0.29) is 5.91 Å². The summed E-state index contributed by atoms with van der Waals surface area (Å²) in [6, 6.07) is 3.91. The van der Waals surface area contributed by atoms with Gasteiger partial charge in [0.25, 0.3) is 0 Å². The van der Waals surface area contributed by atoms with Gasteiger partial charge in [-0.05, 0) is 38.1 Å². The van der Waals surface area contributed by atoms with Gasteiger partial charge in [-0.15, -0.1) is 0 Å². The van der Waals surface area contributed by atoms with Crippen molar-refractivity contribution in [1.82, 2.24) is 24.6 Å². The number of nitrogens with one attached hydrogen (secondary N) is 1. The predicted octanol–water partition coefficient (Wildman–Crippen LogP) is 2.45. The predicted molar refractivity (Wildman–Crippen MR) is 101 cm³/mol. The van der Waals surface area contributed by atoms with Crippen molar-refractivity contribution in [2.75, 3.05) is 25.0 Å². The SMILES string of the molecule is Cn1cc(-c2cnc3cnc(NC(=O)CN4CCCCC4)cc3c2)cn1. The summed E-state index contributed by atoms with van der Waals surface area (Å²) in [5.41, 5.74) is 2.79. The molecular weight excluding hydrogens is 328 g/mol. The summed E-state index contributed by atoms with van der Waals surface area (Å²) < 4.78 is 1.76. The van der Waals surface area contributed by atoms with Crippen LogP contribution in [0.15, 0.2) is 36.9 Å². The fourth-order valence-electron chi connectivity index (χ4n) is 3.33. The second-order valence-electron chi connectivity index (χ2n) is 6.77. The molecule has 0 aromatic carbocycles. The van der Waals surface area contributed by atoms with E-state index in [2.05, 4.69) is 25.3 Å². The first-order chi connectivity index (χ1) is 12.7. The lowest BCUT2D eigenvalue weighted by Gasteiger charge is -2.25. The molecule has 0 aliphatic carbocycles. The Labute approximate surface area is 152 Å².